The van der Waals surface area contributed by atoms with Gasteiger partial charge in [0, 0.05) is 39.9 Å². The summed E-state index contributed by atoms with van der Waals surface area (Å²) >= 11 is 6.40. The maximum absolute atomic E-state index is 12.5. The number of hydrazone groups is 1. The van der Waals surface area contributed by atoms with Crippen LogP contribution in [-0.4, -0.2) is 54.4 Å². The Labute approximate surface area is 265 Å². The second-order valence-corrected chi connectivity index (χ2v) is 10.6. The number of halogens is 1. The first kappa shape index (κ1) is 31.4. The standard InChI is InChI=1S/C33H34ClN5O6/c1-4-44-28-15-21(31-30(32(41)43-3)20(2)36-33(42)37-31)13-14-27(28)45-19-29(40)38-35-16-23-18-39(26-12-8-6-10-24(23)26)17-22-9-5-7-11-25(22)34/h5-16,18,29,31,38,40H,4,17,19H2,1-3H3,(H2,36,37,42)/b35-16+/t29-,31-/m0/s1. The monoisotopic (exact) mass is 631 g/mol. The van der Waals surface area contributed by atoms with Gasteiger partial charge in [-0.05, 0) is 49.2 Å². The maximum Gasteiger partial charge on any atom is 0.337 e. The van der Waals surface area contributed by atoms with Gasteiger partial charge in [0.05, 0.1) is 31.5 Å². The molecule has 0 unspecified atom stereocenters. The molecule has 0 bridgehead atoms. The van der Waals surface area contributed by atoms with Crippen LogP contribution in [-0.2, 0) is 16.1 Å². The lowest BCUT2D eigenvalue weighted by atomic mass is 9.95. The largest absolute Gasteiger partial charge is 0.490 e. The molecule has 4 aromatic rings. The highest BCUT2D eigenvalue weighted by atomic mass is 35.5. The van der Waals surface area contributed by atoms with Crippen LogP contribution in [0.25, 0.3) is 10.9 Å². The third-order valence-electron chi connectivity index (χ3n) is 7.22. The average Bonchev–Trinajstić information content (AvgIpc) is 3.38. The lowest BCUT2D eigenvalue weighted by Gasteiger charge is -2.28. The van der Waals surface area contributed by atoms with E-state index in [0.717, 1.165) is 22.0 Å². The first-order chi connectivity index (χ1) is 21.8. The number of aromatic nitrogens is 1. The molecule has 12 heteroatoms. The van der Waals surface area contributed by atoms with Gasteiger partial charge in [0.1, 0.15) is 6.61 Å². The zero-order chi connectivity index (χ0) is 31.9. The quantitative estimate of drug-likeness (QED) is 0.0759. The zero-order valence-corrected chi connectivity index (χ0v) is 25.8. The summed E-state index contributed by atoms with van der Waals surface area (Å²) in [6.07, 6.45) is 2.51. The van der Waals surface area contributed by atoms with Crippen molar-refractivity contribution >= 4 is 40.7 Å². The van der Waals surface area contributed by atoms with E-state index in [1.165, 1.54) is 7.11 Å². The van der Waals surface area contributed by atoms with E-state index < -0.39 is 24.3 Å². The van der Waals surface area contributed by atoms with Gasteiger partial charge in [-0.3, -0.25) is 5.43 Å². The number of carbonyl (C=O) groups excluding carboxylic acids is 2. The Morgan fingerprint density at radius 1 is 1.13 bits per heavy atom. The number of para-hydroxylation sites is 1. The summed E-state index contributed by atoms with van der Waals surface area (Å²) in [6.45, 7) is 4.26. The van der Waals surface area contributed by atoms with E-state index in [2.05, 4.69) is 25.7 Å². The van der Waals surface area contributed by atoms with Gasteiger partial charge in [-0.2, -0.15) is 5.10 Å². The number of rotatable bonds is 12. The first-order valence-corrected chi connectivity index (χ1v) is 14.7. The van der Waals surface area contributed by atoms with E-state index in [1.54, 1.807) is 31.3 Å². The predicted octanol–water partition coefficient (Wildman–Crippen LogP) is 4.86. The Bertz CT molecular complexity index is 1770. The van der Waals surface area contributed by atoms with Crippen molar-refractivity contribution in [1.29, 1.82) is 0 Å². The second kappa shape index (κ2) is 14.2. The van der Waals surface area contributed by atoms with E-state index in [9.17, 15) is 14.7 Å². The van der Waals surface area contributed by atoms with Crippen molar-refractivity contribution in [2.45, 2.75) is 32.7 Å². The number of benzene rings is 3. The molecule has 1 aromatic heterocycles. The smallest absolute Gasteiger partial charge is 0.337 e. The Hall–Kier alpha value is -5.00. The molecule has 2 amide bonds. The Morgan fingerprint density at radius 2 is 1.91 bits per heavy atom. The number of esters is 1. The summed E-state index contributed by atoms with van der Waals surface area (Å²) < 4.78 is 18.7. The third kappa shape index (κ3) is 7.22. The maximum atomic E-state index is 12.5. The molecule has 1 aliphatic heterocycles. The number of nitrogens with one attached hydrogen (secondary N) is 3. The van der Waals surface area contributed by atoms with Gasteiger partial charge in [0.25, 0.3) is 0 Å². The Balaban J connectivity index is 1.26. The molecular formula is C33H34ClN5O6. The molecule has 4 N–H and O–H groups in total. The highest BCUT2D eigenvalue weighted by molar-refractivity contribution is 6.31. The SMILES string of the molecule is CCOc1cc([C@@H]2NC(=O)NC(C)=C2C(=O)OC)ccc1OC[C@H](O)N/N=C/c1cn(Cc2ccccc2Cl)c2ccccc12. The molecule has 1 aliphatic rings. The fourth-order valence-electron chi connectivity index (χ4n) is 5.13. The molecule has 2 heterocycles. The molecule has 2 atom stereocenters. The van der Waals surface area contributed by atoms with E-state index in [1.807, 2.05) is 61.7 Å². The zero-order valence-electron chi connectivity index (χ0n) is 25.0. The molecule has 3 aromatic carbocycles. The summed E-state index contributed by atoms with van der Waals surface area (Å²) in [4.78, 5) is 24.7. The van der Waals surface area contributed by atoms with Gasteiger partial charge in [-0.15, -0.1) is 0 Å². The molecule has 0 fully saturated rings. The van der Waals surface area contributed by atoms with Crippen LogP contribution in [0.5, 0.6) is 11.5 Å². The number of fused-ring (bicyclic) bond motifs is 1. The van der Waals surface area contributed by atoms with Crippen LogP contribution in [0.15, 0.2) is 89.3 Å². The number of nitrogens with zero attached hydrogens (tertiary/aromatic N) is 2. The lowest BCUT2D eigenvalue weighted by molar-refractivity contribution is -0.136. The Kier molecular flexibility index (Phi) is 9.91. The van der Waals surface area contributed by atoms with Crippen molar-refractivity contribution in [1.82, 2.24) is 20.6 Å². The number of methoxy groups -OCH3 is 1. The summed E-state index contributed by atoms with van der Waals surface area (Å²) in [5, 5.41) is 21.9. The summed E-state index contributed by atoms with van der Waals surface area (Å²) in [7, 11) is 1.28. The fourth-order valence-corrected chi connectivity index (χ4v) is 5.33. The van der Waals surface area contributed by atoms with E-state index in [0.29, 0.717) is 40.9 Å². The summed E-state index contributed by atoms with van der Waals surface area (Å²) in [5.74, 6) is 0.184. The normalized spacial score (nSPS) is 15.5. The highest BCUT2D eigenvalue weighted by Crippen LogP contribution is 2.35. The van der Waals surface area contributed by atoms with Crippen LogP contribution in [0.3, 0.4) is 0 Å². The van der Waals surface area contributed by atoms with Gasteiger partial charge in [-0.1, -0.05) is 54.1 Å². The second-order valence-electron chi connectivity index (χ2n) is 10.2. The molecule has 45 heavy (non-hydrogen) atoms. The number of allylic oxidation sites excluding steroid dienone is 1. The van der Waals surface area contributed by atoms with Gasteiger partial charge < -0.3 is 34.5 Å². The molecule has 11 nitrogen and oxygen atoms in total. The van der Waals surface area contributed by atoms with Crippen molar-refractivity contribution < 1.29 is 28.9 Å². The molecule has 0 aliphatic carbocycles. The van der Waals surface area contributed by atoms with Crippen molar-refractivity contribution in [3.8, 4) is 11.5 Å². The minimum atomic E-state index is -1.13. The summed E-state index contributed by atoms with van der Waals surface area (Å²) in [5.41, 5.74) is 6.87. The fraction of sp³-hybridized carbons (Fsp3) is 0.242. The van der Waals surface area contributed by atoms with Gasteiger partial charge >= 0.3 is 12.0 Å². The minimum Gasteiger partial charge on any atom is -0.490 e. The third-order valence-corrected chi connectivity index (χ3v) is 7.59. The number of ether oxygens (including phenoxy) is 3. The minimum absolute atomic E-state index is 0.137. The van der Waals surface area contributed by atoms with Crippen LogP contribution in [0.4, 0.5) is 4.79 Å². The van der Waals surface area contributed by atoms with Gasteiger partial charge in [0.15, 0.2) is 17.7 Å². The van der Waals surface area contributed by atoms with Crippen LogP contribution >= 0.6 is 11.6 Å². The molecule has 5 rings (SSSR count). The molecular weight excluding hydrogens is 598 g/mol. The number of urea groups is 1. The average molecular weight is 632 g/mol. The van der Waals surface area contributed by atoms with Gasteiger partial charge in [-0.25, -0.2) is 9.59 Å². The number of hydrogen-bond donors (Lipinski definition) is 4. The van der Waals surface area contributed by atoms with Crippen LogP contribution < -0.4 is 25.5 Å². The topological polar surface area (TPSA) is 135 Å². The molecule has 234 valence electrons. The lowest BCUT2D eigenvalue weighted by Crippen LogP contribution is -2.45. The van der Waals surface area contributed by atoms with Crippen LogP contribution in [0.1, 0.15) is 36.6 Å². The summed E-state index contributed by atoms with van der Waals surface area (Å²) in [6, 6.07) is 19.6. The van der Waals surface area contributed by atoms with Crippen LogP contribution in [0, 0.1) is 0 Å². The van der Waals surface area contributed by atoms with E-state index in [4.69, 9.17) is 25.8 Å². The van der Waals surface area contributed by atoms with Crippen molar-refractivity contribution in [3.05, 3.63) is 106 Å². The molecule has 0 saturated heterocycles. The van der Waals surface area contributed by atoms with E-state index in [-0.39, 0.29) is 12.2 Å². The van der Waals surface area contributed by atoms with Crippen molar-refractivity contribution in [2.24, 2.45) is 5.10 Å². The van der Waals surface area contributed by atoms with E-state index >= 15 is 0 Å². The molecule has 0 spiro atoms. The number of carbonyl (C=O) groups is 2. The number of hydrogen-bond acceptors (Lipinski definition) is 8. The first-order valence-electron chi connectivity index (χ1n) is 14.3. The number of amides is 2. The van der Waals surface area contributed by atoms with Crippen molar-refractivity contribution in [2.75, 3.05) is 20.3 Å². The highest BCUT2D eigenvalue weighted by Gasteiger charge is 2.32. The molecule has 0 saturated carbocycles. The van der Waals surface area contributed by atoms with Crippen LogP contribution in [0.2, 0.25) is 5.02 Å². The predicted molar refractivity (Wildman–Crippen MR) is 171 cm³/mol. The number of aliphatic hydroxyl groups is 1. The molecule has 0 radical (unpaired) electrons. The Morgan fingerprint density at radius 3 is 2.69 bits per heavy atom. The van der Waals surface area contributed by atoms with Crippen molar-refractivity contribution in [3.63, 3.8) is 0 Å². The number of aliphatic hydroxyl groups excluding tert-OH is 1. The van der Waals surface area contributed by atoms with Gasteiger partial charge in [0.2, 0.25) is 0 Å².